The average Bonchev–Trinajstić information content (AvgIpc) is 2.86. The third kappa shape index (κ3) is 4.32. The second kappa shape index (κ2) is 9.94. The molecule has 4 aromatic rings. The van der Waals surface area contributed by atoms with Crippen LogP contribution in [0.15, 0.2) is 89.4 Å². The molecule has 182 valence electrons. The topological polar surface area (TPSA) is 3.24 Å². The lowest BCUT2D eigenvalue weighted by Crippen LogP contribution is -2.59. The van der Waals surface area contributed by atoms with Gasteiger partial charge in [0.1, 0.15) is 0 Å². The third-order valence-corrected chi connectivity index (χ3v) is 8.01. The largest absolute Gasteiger partial charge is 0.311 e. The summed E-state index contributed by atoms with van der Waals surface area (Å²) in [4.78, 5) is 2.43. The van der Waals surface area contributed by atoms with Crippen LogP contribution in [-0.4, -0.2) is 6.71 Å². The maximum absolute atomic E-state index is 3.78. The number of nitrogens with zero attached hydrogens (tertiary/aromatic N) is 1. The molecule has 0 amide bonds. The quantitative estimate of drug-likeness (QED) is 0.205. The molecular weight excluding hydrogens is 501 g/mol. The van der Waals surface area contributed by atoms with Crippen LogP contribution in [0.4, 0.5) is 17.1 Å². The second-order valence-electron chi connectivity index (χ2n) is 10.9. The van der Waals surface area contributed by atoms with E-state index in [0.717, 1.165) is 4.47 Å². The highest BCUT2D eigenvalue weighted by atomic mass is 79.9. The molecule has 0 N–H and O–H groups in total. The minimum absolute atomic E-state index is 0.181. The highest BCUT2D eigenvalue weighted by Crippen LogP contribution is 2.38. The minimum Gasteiger partial charge on any atom is -0.311 e. The van der Waals surface area contributed by atoms with Gasteiger partial charge in [0.15, 0.2) is 0 Å². The van der Waals surface area contributed by atoms with E-state index in [1.807, 2.05) is 0 Å². The molecule has 0 aliphatic carbocycles. The number of benzene rings is 4. The first-order valence-electron chi connectivity index (χ1n) is 13.2. The van der Waals surface area contributed by atoms with Crippen LogP contribution in [-0.2, 0) is 0 Å². The SMILES string of the molecule is CC(C)c1cc(C(C)C)c(B2c3ccccc3N(c3ccccc3)c3cc(Br)ccc32)c(C(C)C)c1. The Morgan fingerprint density at radius 2 is 1.19 bits per heavy atom. The van der Waals surface area contributed by atoms with Crippen LogP contribution in [0.25, 0.3) is 0 Å². The fraction of sp³-hybridized carbons (Fsp3) is 0.273. The molecule has 1 aliphatic heterocycles. The van der Waals surface area contributed by atoms with Gasteiger partial charge in [0.25, 0.3) is 0 Å². The molecule has 0 radical (unpaired) electrons. The Labute approximate surface area is 225 Å². The molecule has 4 aromatic carbocycles. The van der Waals surface area contributed by atoms with Gasteiger partial charge in [-0.15, -0.1) is 0 Å². The van der Waals surface area contributed by atoms with Crippen molar-refractivity contribution in [3.63, 3.8) is 0 Å². The van der Waals surface area contributed by atoms with E-state index in [1.54, 1.807) is 0 Å². The Hall–Kier alpha value is -2.78. The molecule has 36 heavy (non-hydrogen) atoms. The van der Waals surface area contributed by atoms with Crippen molar-refractivity contribution in [1.29, 1.82) is 0 Å². The van der Waals surface area contributed by atoms with Gasteiger partial charge >= 0.3 is 0 Å². The molecule has 1 nitrogen and oxygen atoms in total. The summed E-state index contributed by atoms with van der Waals surface area (Å²) in [5, 5.41) is 0. The fourth-order valence-corrected chi connectivity index (χ4v) is 6.05. The van der Waals surface area contributed by atoms with Gasteiger partial charge in [-0.2, -0.15) is 0 Å². The number of para-hydroxylation sites is 2. The first-order chi connectivity index (χ1) is 17.3. The molecule has 1 aliphatic rings. The lowest BCUT2D eigenvalue weighted by atomic mass is 9.33. The number of rotatable bonds is 5. The van der Waals surface area contributed by atoms with Crippen LogP contribution in [0.2, 0.25) is 0 Å². The van der Waals surface area contributed by atoms with Gasteiger partial charge in [-0.25, -0.2) is 0 Å². The van der Waals surface area contributed by atoms with Gasteiger partial charge in [0, 0.05) is 21.5 Å². The second-order valence-corrected chi connectivity index (χ2v) is 11.9. The van der Waals surface area contributed by atoms with E-state index in [0.29, 0.717) is 17.8 Å². The number of halogens is 1. The highest BCUT2D eigenvalue weighted by Gasteiger charge is 2.38. The summed E-state index contributed by atoms with van der Waals surface area (Å²) in [5.74, 6) is 1.38. The van der Waals surface area contributed by atoms with Crippen LogP contribution in [0.3, 0.4) is 0 Å². The van der Waals surface area contributed by atoms with Crippen LogP contribution < -0.4 is 21.3 Å². The van der Waals surface area contributed by atoms with Gasteiger partial charge in [-0.3, -0.25) is 0 Å². The standard InChI is InChI=1S/C33H35BBrN/c1-21(2)24-18-27(22(3)4)33(28(19-24)23(5)6)34-29-14-10-11-15-31(29)36(26-12-8-7-9-13-26)32-20-25(35)16-17-30(32)34/h7-23H,1-6H3. The summed E-state index contributed by atoms with van der Waals surface area (Å²) < 4.78 is 1.10. The van der Waals surface area contributed by atoms with Crippen molar-refractivity contribution in [3.05, 3.63) is 106 Å². The average molecular weight is 536 g/mol. The number of anilines is 3. The van der Waals surface area contributed by atoms with E-state index in [-0.39, 0.29) is 6.71 Å². The first-order valence-corrected chi connectivity index (χ1v) is 14.0. The predicted molar refractivity (Wildman–Crippen MR) is 162 cm³/mol. The molecule has 0 spiro atoms. The van der Waals surface area contributed by atoms with E-state index in [1.165, 1.54) is 50.1 Å². The Bertz CT molecular complexity index is 1360. The minimum atomic E-state index is 0.181. The molecule has 3 heteroatoms. The van der Waals surface area contributed by atoms with Crippen molar-refractivity contribution in [3.8, 4) is 0 Å². The van der Waals surface area contributed by atoms with Gasteiger partial charge in [-0.1, -0.05) is 118 Å². The molecule has 0 saturated heterocycles. The molecule has 0 saturated carbocycles. The zero-order valence-corrected chi connectivity index (χ0v) is 23.8. The Morgan fingerprint density at radius 3 is 1.81 bits per heavy atom. The van der Waals surface area contributed by atoms with E-state index in [9.17, 15) is 0 Å². The predicted octanol–water partition coefficient (Wildman–Crippen LogP) is 8.12. The normalized spacial score (nSPS) is 12.9. The van der Waals surface area contributed by atoms with Crippen molar-refractivity contribution >= 4 is 56.1 Å². The number of hydrogen-bond acceptors (Lipinski definition) is 1. The Balaban J connectivity index is 1.87. The Kier molecular flexibility index (Phi) is 6.87. The van der Waals surface area contributed by atoms with Gasteiger partial charge in [-0.05, 0) is 75.7 Å². The van der Waals surface area contributed by atoms with E-state index >= 15 is 0 Å². The molecule has 0 atom stereocenters. The van der Waals surface area contributed by atoms with Gasteiger partial charge < -0.3 is 4.90 Å². The van der Waals surface area contributed by atoms with E-state index in [4.69, 9.17) is 0 Å². The first kappa shape index (κ1) is 24.9. The fourth-order valence-electron chi connectivity index (χ4n) is 5.70. The Morgan fingerprint density at radius 1 is 0.611 bits per heavy atom. The lowest BCUT2D eigenvalue weighted by Gasteiger charge is -2.39. The molecule has 5 rings (SSSR count). The maximum atomic E-state index is 3.78. The molecule has 0 bridgehead atoms. The zero-order chi connectivity index (χ0) is 25.6. The van der Waals surface area contributed by atoms with Crippen LogP contribution in [0.5, 0.6) is 0 Å². The summed E-state index contributed by atoms with van der Waals surface area (Å²) >= 11 is 3.78. The molecule has 0 unspecified atom stereocenters. The summed E-state index contributed by atoms with van der Waals surface area (Å²) in [6, 6.07) is 31.5. The van der Waals surface area contributed by atoms with Crippen molar-refractivity contribution in [1.82, 2.24) is 0 Å². The van der Waals surface area contributed by atoms with Gasteiger partial charge in [0.2, 0.25) is 6.71 Å². The summed E-state index contributed by atoms with van der Waals surface area (Å²) in [6.07, 6.45) is 0. The zero-order valence-electron chi connectivity index (χ0n) is 22.2. The van der Waals surface area contributed by atoms with Gasteiger partial charge in [0.05, 0.1) is 0 Å². The van der Waals surface area contributed by atoms with Crippen LogP contribution in [0.1, 0.15) is 76.0 Å². The summed E-state index contributed by atoms with van der Waals surface area (Å²) in [7, 11) is 0. The highest BCUT2D eigenvalue weighted by molar-refractivity contribution is 9.10. The van der Waals surface area contributed by atoms with Crippen molar-refractivity contribution in [2.75, 3.05) is 4.90 Å². The summed E-state index contributed by atoms with van der Waals surface area (Å²) in [6.45, 7) is 14.2. The van der Waals surface area contributed by atoms with Crippen molar-refractivity contribution in [2.45, 2.75) is 59.3 Å². The maximum Gasteiger partial charge on any atom is 0.247 e. The number of hydrogen-bond donors (Lipinski definition) is 0. The van der Waals surface area contributed by atoms with Crippen molar-refractivity contribution in [2.24, 2.45) is 0 Å². The number of fused-ring (bicyclic) bond motifs is 2. The van der Waals surface area contributed by atoms with E-state index in [2.05, 4.69) is 147 Å². The molecule has 0 fully saturated rings. The van der Waals surface area contributed by atoms with Crippen LogP contribution in [0, 0.1) is 0 Å². The van der Waals surface area contributed by atoms with Crippen LogP contribution >= 0.6 is 15.9 Å². The van der Waals surface area contributed by atoms with Crippen molar-refractivity contribution < 1.29 is 0 Å². The monoisotopic (exact) mass is 535 g/mol. The van der Waals surface area contributed by atoms with E-state index < -0.39 is 0 Å². The molecule has 0 aromatic heterocycles. The molecule has 1 heterocycles. The molecular formula is C33H35BBrN. The summed E-state index contributed by atoms with van der Waals surface area (Å²) in [5.41, 5.74) is 12.3. The smallest absolute Gasteiger partial charge is 0.247 e. The lowest BCUT2D eigenvalue weighted by molar-refractivity contribution is 0.812. The third-order valence-electron chi connectivity index (χ3n) is 7.51.